The Balaban J connectivity index is 1.27. The smallest absolute Gasteiger partial charge is 0.353 e. The van der Waals surface area contributed by atoms with Gasteiger partial charge in [0.25, 0.3) is 17.0 Å². The van der Waals surface area contributed by atoms with Crippen LogP contribution in [0, 0.1) is 0 Å². The quantitative estimate of drug-likeness (QED) is 0.172. The molecule has 1 aromatic rings. The number of anilines is 1. The van der Waals surface area contributed by atoms with Crippen LogP contribution in [-0.4, -0.2) is 114 Å². The number of likely N-dealkylation sites (tertiary alicyclic amines) is 1. The van der Waals surface area contributed by atoms with Crippen molar-refractivity contribution >= 4 is 80.6 Å². The number of amidine groups is 1. The number of carbonyl (C=O) groups is 3. The minimum Gasteiger partial charge on any atom is -0.477 e. The minimum atomic E-state index is -1.16. The molecule has 5 rings (SSSR count). The molecule has 4 aliphatic heterocycles. The van der Waals surface area contributed by atoms with Crippen LogP contribution in [0.2, 0.25) is 0 Å². The number of thioether (sulfide) groups is 3. The number of nitrogens with one attached hydrogen (secondary N) is 1. The molecule has 36 heavy (non-hydrogen) atoms. The number of oxime groups is 1. The Morgan fingerprint density at radius 1 is 1.39 bits per heavy atom. The molecule has 192 valence electrons. The lowest BCUT2D eigenvalue weighted by atomic mass is 10.0. The standard InChI is InChI=1S/C19H22N8O5S4/c1-27(19-21-3-4-33-19)5-8(6-27)35-9-7-34-16-11(15(29)26(16)12(9)17(30)31)22-14(28)10(24-32-2)13-23-18(20)36-25-13/h8,11,16H,3-7H2,1-2H3,(H3-,20,22,23,25,28,30,31)/p+1/b24-10-/t8?,11-,16-,27?/m1/s1. The number of carboxylic acids is 1. The van der Waals surface area contributed by atoms with Gasteiger partial charge < -0.3 is 21.0 Å². The summed E-state index contributed by atoms with van der Waals surface area (Å²) in [5.41, 5.74) is 5.37. The number of fused-ring (bicyclic) bond motifs is 1. The summed E-state index contributed by atoms with van der Waals surface area (Å²) in [6.45, 7) is 2.58. The van der Waals surface area contributed by atoms with E-state index in [9.17, 15) is 19.5 Å². The molecule has 13 nitrogen and oxygen atoms in total. The molecule has 0 bridgehead atoms. The summed E-state index contributed by atoms with van der Waals surface area (Å²) < 4.78 is 4.74. The zero-order valence-electron chi connectivity index (χ0n) is 19.2. The Bertz CT molecular complexity index is 1210. The van der Waals surface area contributed by atoms with Gasteiger partial charge in [0.1, 0.15) is 42.6 Å². The molecule has 1 aromatic heterocycles. The second-order valence-electron chi connectivity index (χ2n) is 8.53. The van der Waals surface area contributed by atoms with Gasteiger partial charge in [-0.3, -0.25) is 19.0 Å². The number of carbonyl (C=O) groups excluding carboxylic acids is 2. The van der Waals surface area contributed by atoms with E-state index >= 15 is 0 Å². The van der Waals surface area contributed by atoms with E-state index in [1.165, 1.54) is 35.5 Å². The molecule has 0 radical (unpaired) electrons. The number of aromatic nitrogens is 2. The first-order valence-corrected chi connectivity index (χ1v) is 14.5. The third-order valence-electron chi connectivity index (χ3n) is 6.03. The molecule has 4 N–H and O–H groups in total. The van der Waals surface area contributed by atoms with Gasteiger partial charge >= 0.3 is 5.97 Å². The number of hydrogen-bond donors (Lipinski definition) is 3. The third-order valence-corrected chi connectivity index (χ3v) is 10.5. The SMILES string of the molecule is CO/N=C(\C(=O)N[C@@H]1C(=O)N2C(C(=O)O)=C(SC3C[N+](C)(C4=NCCS4)C3)CS[C@H]12)c1nsc(N)n1. The number of amides is 2. The fraction of sp³-hybridized carbons (Fsp3) is 0.526. The van der Waals surface area contributed by atoms with Gasteiger partial charge in [0, 0.05) is 27.9 Å². The van der Waals surface area contributed by atoms with Crippen LogP contribution in [0.15, 0.2) is 20.8 Å². The first-order valence-electron chi connectivity index (χ1n) is 10.8. The lowest BCUT2D eigenvalue weighted by Gasteiger charge is -2.50. The number of aliphatic carboxylic acids is 1. The molecule has 0 unspecified atom stereocenters. The summed E-state index contributed by atoms with van der Waals surface area (Å²) in [6.07, 6.45) is 0. The van der Waals surface area contributed by atoms with Crippen molar-refractivity contribution in [1.82, 2.24) is 19.6 Å². The Kier molecular flexibility index (Phi) is 6.92. The van der Waals surface area contributed by atoms with Crippen molar-refractivity contribution in [3.8, 4) is 0 Å². The van der Waals surface area contributed by atoms with E-state index in [-0.39, 0.29) is 27.6 Å². The van der Waals surface area contributed by atoms with Crippen LogP contribution in [0.5, 0.6) is 0 Å². The zero-order chi connectivity index (χ0) is 25.6. The first kappa shape index (κ1) is 25.3. The van der Waals surface area contributed by atoms with E-state index in [0.717, 1.165) is 46.6 Å². The molecule has 2 atom stereocenters. The molecule has 17 heteroatoms. The van der Waals surface area contributed by atoms with Gasteiger partial charge in [0.2, 0.25) is 11.5 Å². The number of aliphatic imine (C=N–C) groups is 1. The van der Waals surface area contributed by atoms with Crippen molar-refractivity contribution in [3.05, 3.63) is 16.4 Å². The monoisotopic (exact) mass is 571 g/mol. The van der Waals surface area contributed by atoms with Crippen molar-refractivity contribution < 1.29 is 28.8 Å². The predicted octanol–water partition coefficient (Wildman–Crippen LogP) is -0.168. The van der Waals surface area contributed by atoms with E-state index < -0.39 is 29.2 Å². The van der Waals surface area contributed by atoms with Crippen molar-refractivity contribution in [3.63, 3.8) is 0 Å². The van der Waals surface area contributed by atoms with Crippen LogP contribution in [0.3, 0.4) is 0 Å². The Morgan fingerprint density at radius 3 is 2.78 bits per heavy atom. The molecule has 2 saturated heterocycles. The van der Waals surface area contributed by atoms with E-state index in [1.54, 1.807) is 11.8 Å². The van der Waals surface area contributed by atoms with Gasteiger partial charge in [-0.1, -0.05) is 5.16 Å². The maximum absolute atomic E-state index is 13.0. The van der Waals surface area contributed by atoms with Crippen LogP contribution < -0.4 is 11.1 Å². The minimum absolute atomic E-state index is 0.00680. The summed E-state index contributed by atoms with van der Waals surface area (Å²) in [5.74, 6) is -0.939. The summed E-state index contributed by atoms with van der Waals surface area (Å²) in [4.78, 5) is 53.2. The van der Waals surface area contributed by atoms with E-state index in [4.69, 9.17) is 10.6 Å². The lowest BCUT2D eigenvalue weighted by Crippen LogP contribution is -2.71. The van der Waals surface area contributed by atoms with Crippen LogP contribution in [0.1, 0.15) is 5.82 Å². The highest BCUT2D eigenvalue weighted by molar-refractivity contribution is 8.13. The molecule has 5 heterocycles. The third kappa shape index (κ3) is 4.46. The zero-order valence-corrected chi connectivity index (χ0v) is 22.5. The largest absolute Gasteiger partial charge is 0.477 e. The van der Waals surface area contributed by atoms with Gasteiger partial charge in [-0.25, -0.2) is 9.79 Å². The molecule has 4 aliphatic rings. The molecule has 0 saturated carbocycles. The van der Waals surface area contributed by atoms with Gasteiger partial charge in [-0.05, 0) is 11.8 Å². The summed E-state index contributed by atoms with van der Waals surface area (Å²) in [6, 6.07) is -0.914. The molecule has 2 fully saturated rings. The highest BCUT2D eigenvalue weighted by Gasteiger charge is 2.55. The number of nitrogen functional groups attached to an aromatic ring is 1. The normalized spacial score (nSPS) is 29.8. The summed E-state index contributed by atoms with van der Waals surface area (Å²) in [5, 5.41) is 17.2. The molecular formula is C19H23N8O5S4+. The molecule has 0 aliphatic carbocycles. The Labute approximate surface area is 222 Å². The fourth-order valence-electron chi connectivity index (χ4n) is 4.43. The van der Waals surface area contributed by atoms with Crippen LogP contribution in [0.4, 0.5) is 5.13 Å². The number of rotatable bonds is 7. The molecule has 0 aromatic carbocycles. The molecule has 0 spiro atoms. The van der Waals surface area contributed by atoms with Gasteiger partial charge in [-0.2, -0.15) is 9.36 Å². The number of nitrogens with zero attached hydrogens (tertiary/aromatic N) is 6. The van der Waals surface area contributed by atoms with E-state index in [2.05, 4.69) is 31.9 Å². The summed E-state index contributed by atoms with van der Waals surface area (Å²) in [7, 11) is 3.41. The number of β-lactam (4-membered cyclic amide) rings is 1. The molecule has 2 amide bonds. The van der Waals surface area contributed by atoms with E-state index in [0.29, 0.717) is 10.7 Å². The number of carboxylic acid groups (broad SMARTS) is 1. The highest BCUT2D eigenvalue weighted by atomic mass is 32.2. The second-order valence-corrected chi connectivity index (χ2v) is 12.9. The van der Waals surface area contributed by atoms with Crippen molar-refractivity contribution in [2.75, 3.05) is 51.0 Å². The lowest BCUT2D eigenvalue weighted by molar-refractivity contribution is -0.855. The van der Waals surface area contributed by atoms with Crippen molar-refractivity contribution in [2.24, 2.45) is 10.1 Å². The Hall–Kier alpha value is -2.34. The topological polar surface area (TPSA) is 172 Å². The van der Waals surface area contributed by atoms with Crippen LogP contribution in [-0.2, 0) is 19.2 Å². The predicted molar refractivity (Wildman–Crippen MR) is 140 cm³/mol. The second kappa shape index (κ2) is 9.85. The van der Waals surface area contributed by atoms with Crippen LogP contribution in [0.25, 0.3) is 0 Å². The van der Waals surface area contributed by atoms with Gasteiger partial charge in [-0.15, -0.1) is 23.5 Å². The molecular weight excluding hydrogens is 549 g/mol. The van der Waals surface area contributed by atoms with E-state index in [1.807, 2.05) is 0 Å². The maximum atomic E-state index is 13.0. The summed E-state index contributed by atoms with van der Waals surface area (Å²) >= 11 is 5.62. The van der Waals surface area contributed by atoms with Crippen molar-refractivity contribution in [2.45, 2.75) is 16.7 Å². The Morgan fingerprint density at radius 2 is 2.17 bits per heavy atom. The number of quaternary nitrogens is 1. The average molecular weight is 572 g/mol. The first-order chi connectivity index (χ1) is 17.2. The average Bonchev–Trinajstić information content (AvgIpc) is 3.51. The van der Waals surface area contributed by atoms with Crippen LogP contribution >= 0.6 is 46.8 Å². The number of nitrogens with two attached hydrogens (primary N) is 1. The van der Waals surface area contributed by atoms with Gasteiger partial charge in [0.05, 0.1) is 13.6 Å². The maximum Gasteiger partial charge on any atom is 0.353 e. The number of hydrogen-bond acceptors (Lipinski definition) is 13. The van der Waals surface area contributed by atoms with Gasteiger partial charge in [0.15, 0.2) is 5.13 Å². The highest BCUT2D eigenvalue weighted by Crippen LogP contribution is 2.46. The van der Waals surface area contributed by atoms with Crippen molar-refractivity contribution in [1.29, 1.82) is 0 Å². The fourth-order valence-corrected chi connectivity index (χ4v) is 9.05.